The van der Waals surface area contributed by atoms with Crippen LogP contribution >= 0.6 is 0 Å². The van der Waals surface area contributed by atoms with Crippen LogP contribution in [0, 0.1) is 0 Å². The first-order valence-corrected chi connectivity index (χ1v) is 6.81. The number of nitrogens with zero attached hydrogens (tertiary/aromatic N) is 1. The van der Waals surface area contributed by atoms with Crippen molar-refractivity contribution in [1.29, 1.82) is 0 Å². The summed E-state index contributed by atoms with van der Waals surface area (Å²) in [5.74, 6) is 0.445. The summed E-state index contributed by atoms with van der Waals surface area (Å²) < 4.78 is 29.4. The van der Waals surface area contributed by atoms with Crippen molar-refractivity contribution in [2.45, 2.75) is 13.5 Å². The Balaban J connectivity index is 2.89. The van der Waals surface area contributed by atoms with Crippen LogP contribution in [0.2, 0.25) is 0 Å². The molecule has 1 N–H and O–H groups in total. The second-order valence-electron chi connectivity index (χ2n) is 3.66. The quantitative estimate of drug-likeness (QED) is 0.862. The van der Waals surface area contributed by atoms with Crippen molar-refractivity contribution >= 4 is 10.0 Å². The first-order chi connectivity index (χ1) is 7.90. The molecule has 0 radical (unpaired) electrons. The smallest absolute Gasteiger partial charge is 0.213 e. The van der Waals surface area contributed by atoms with Gasteiger partial charge in [-0.05, 0) is 24.6 Å². The third-order valence-electron chi connectivity index (χ3n) is 2.49. The molecule has 0 aliphatic carbocycles. The molecular weight excluding hydrogens is 242 g/mol. The Morgan fingerprint density at radius 2 is 2.06 bits per heavy atom. The average molecular weight is 259 g/mol. The number of rotatable bonds is 5. The summed E-state index contributed by atoms with van der Waals surface area (Å²) in [5.41, 5.74) is 0.763. The summed E-state index contributed by atoms with van der Waals surface area (Å²) in [4.78, 5) is 0. The first-order valence-electron chi connectivity index (χ1n) is 5.20. The summed E-state index contributed by atoms with van der Waals surface area (Å²) in [7, 11) is -0.220. The van der Waals surface area contributed by atoms with Gasteiger partial charge in [-0.2, -0.15) is 0 Å². The molecule has 0 heterocycles. The van der Waals surface area contributed by atoms with Crippen LogP contribution in [0.1, 0.15) is 12.5 Å². The molecule has 0 atom stereocenters. The highest BCUT2D eigenvalue weighted by Crippen LogP contribution is 2.26. The van der Waals surface area contributed by atoms with Crippen LogP contribution in [0.15, 0.2) is 18.2 Å². The SMILES string of the molecule is CCS(=O)(=O)N(C)Cc1ccc(O)c(OC)c1. The molecule has 17 heavy (non-hydrogen) atoms. The Morgan fingerprint density at radius 3 is 2.59 bits per heavy atom. The second kappa shape index (κ2) is 5.37. The van der Waals surface area contributed by atoms with E-state index in [1.165, 1.54) is 24.5 Å². The van der Waals surface area contributed by atoms with E-state index < -0.39 is 10.0 Å². The van der Waals surface area contributed by atoms with Gasteiger partial charge in [0.15, 0.2) is 11.5 Å². The molecule has 5 nitrogen and oxygen atoms in total. The van der Waals surface area contributed by atoms with Crippen molar-refractivity contribution < 1.29 is 18.3 Å². The van der Waals surface area contributed by atoms with Gasteiger partial charge in [0.1, 0.15) is 0 Å². The van der Waals surface area contributed by atoms with Crippen LogP contribution in [0.5, 0.6) is 11.5 Å². The standard InChI is InChI=1S/C11H17NO4S/c1-4-17(14,15)12(2)8-9-5-6-10(13)11(7-9)16-3/h5-7,13H,4,8H2,1-3H3. The van der Waals surface area contributed by atoms with Gasteiger partial charge in [-0.1, -0.05) is 6.07 Å². The van der Waals surface area contributed by atoms with E-state index in [1.54, 1.807) is 19.1 Å². The molecule has 1 rings (SSSR count). The Morgan fingerprint density at radius 1 is 1.41 bits per heavy atom. The van der Waals surface area contributed by atoms with Gasteiger partial charge < -0.3 is 9.84 Å². The number of hydrogen-bond donors (Lipinski definition) is 1. The highest BCUT2D eigenvalue weighted by atomic mass is 32.2. The molecule has 0 aliphatic heterocycles. The second-order valence-corrected chi connectivity index (χ2v) is 6.03. The van der Waals surface area contributed by atoms with E-state index in [9.17, 15) is 13.5 Å². The molecular formula is C11H17NO4S. The normalized spacial score (nSPS) is 11.8. The van der Waals surface area contributed by atoms with Crippen molar-refractivity contribution in [1.82, 2.24) is 4.31 Å². The maximum Gasteiger partial charge on any atom is 0.213 e. The Labute approximate surface area is 102 Å². The van der Waals surface area contributed by atoms with Gasteiger partial charge in [0.25, 0.3) is 0 Å². The Hall–Kier alpha value is -1.27. The Kier molecular flexibility index (Phi) is 4.36. The number of methoxy groups -OCH3 is 1. The molecule has 0 aromatic heterocycles. The fourth-order valence-electron chi connectivity index (χ4n) is 1.40. The zero-order chi connectivity index (χ0) is 13.1. The highest BCUT2D eigenvalue weighted by molar-refractivity contribution is 7.89. The maximum atomic E-state index is 11.6. The maximum absolute atomic E-state index is 11.6. The summed E-state index contributed by atoms with van der Waals surface area (Å²) in [5, 5.41) is 9.42. The van der Waals surface area contributed by atoms with Crippen molar-refractivity contribution in [3.8, 4) is 11.5 Å². The third kappa shape index (κ3) is 3.34. The predicted octanol–water partition coefficient (Wildman–Crippen LogP) is 1.18. The molecule has 1 aromatic rings. The summed E-state index contributed by atoms with van der Waals surface area (Å²) >= 11 is 0. The van der Waals surface area contributed by atoms with E-state index in [2.05, 4.69) is 0 Å². The minimum Gasteiger partial charge on any atom is -0.504 e. The number of hydrogen-bond acceptors (Lipinski definition) is 4. The van der Waals surface area contributed by atoms with Gasteiger partial charge >= 0.3 is 0 Å². The molecule has 6 heteroatoms. The number of sulfonamides is 1. The highest BCUT2D eigenvalue weighted by Gasteiger charge is 2.15. The van der Waals surface area contributed by atoms with Crippen LogP contribution in [-0.2, 0) is 16.6 Å². The molecule has 96 valence electrons. The fraction of sp³-hybridized carbons (Fsp3) is 0.455. The van der Waals surface area contributed by atoms with E-state index in [0.717, 1.165) is 5.56 Å². The van der Waals surface area contributed by atoms with Gasteiger partial charge in [-0.3, -0.25) is 0 Å². The lowest BCUT2D eigenvalue weighted by Crippen LogP contribution is -2.27. The fourth-order valence-corrected chi connectivity index (χ4v) is 2.18. The zero-order valence-corrected chi connectivity index (χ0v) is 11.0. The Bertz CT molecular complexity index is 484. The average Bonchev–Trinajstić information content (AvgIpc) is 2.31. The van der Waals surface area contributed by atoms with Gasteiger partial charge in [-0.15, -0.1) is 0 Å². The van der Waals surface area contributed by atoms with Gasteiger partial charge in [0.2, 0.25) is 10.0 Å². The lowest BCUT2D eigenvalue weighted by molar-refractivity contribution is 0.372. The third-order valence-corrected chi connectivity index (χ3v) is 4.30. The van der Waals surface area contributed by atoms with E-state index in [4.69, 9.17) is 4.74 Å². The molecule has 0 fully saturated rings. The number of benzene rings is 1. The van der Waals surface area contributed by atoms with Crippen LogP contribution < -0.4 is 4.74 Å². The minimum absolute atomic E-state index is 0.0391. The molecule has 0 saturated carbocycles. The zero-order valence-electron chi connectivity index (χ0n) is 10.2. The summed E-state index contributed by atoms with van der Waals surface area (Å²) in [6.07, 6.45) is 0. The molecule has 0 aliphatic rings. The number of phenolic OH excluding ortho intramolecular Hbond substituents is 1. The monoisotopic (exact) mass is 259 g/mol. The van der Waals surface area contributed by atoms with Crippen molar-refractivity contribution in [3.05, 3.63) is 23.8 Å². The topological polar surface area (TPSA) is 66.8 Å². The minimum atomic E-state index is -3.20. The van der Waals surface area contributed by atoms with Crippen LogP contribution in [0.4, 0.5) is 0 Å². The number of phenols is 1. The van der Waals surface area contributed by atoms with E-state index in [0.29, 0.717) is 5.75 Å². The van der Waals surface area contributed by atoms with Gasteiger partial charge in [0, 0.05) is 13.6 Å². The van der Waals surface area contributed by atoms with Crippen molar-refractivity contribution in [2.75, 3.05) is 19.9 Å². The van der Waals surface area contributed by atoms with Crippen LogP contribution in [0.25, 0.3) is 0 Å². The number of ether oxygens (including phenoxy) is 1. The predicted molar refractivity (Wildman–Crippen MR) is 65.6 cm³/mol. The summed E-state index contributed by atoms with van der Waals surface area (Å²) in [6.45, 7) is 1.86. The summed E-state index contributed by atoms with van der Waals surface area (Å²) in [6, 6.07) is 4.77. The van der Waals surface area contributed by atoms with Gasteiger partial charge in [0.05, 0.1) is 12.9 Å². The van der Waals surface area contributed by atoms with E-state index in [-0.39, 0.29) is 18.0 Å². The molecule has 0 saturated heterocycles. The van der Waals surface area contributed by atoms with Gasteiger partial charge in [-0.25, -0.2) is 12.7 Å². The largest absolute Gasteiger partial charge is 0.504 e. The number of aromatic hydroxyl groups is 1. The van der Waals surface area contributed by atoms with Crippen molar-refractivity contribution in [3.63, 3.8) is 0 Å². The molecule has 0 amide bonds. The first kappa shape index (κ1) is 13.8. The van der Waals surface area contributed by atoms with E-state index in [1.807, 2.05) is 0 Å². The molecule has 0 unspecified atom stereocenters. The molecule has 0 spiro atoms. The van der Waals surface area contributed by atoms with E-state index >= 15 is 0 Å². The van der Waals surface area contributed by atoms with Crippen molar-refractivity contribution in [2.24, 2.45) is 0 Å². The molecule has 0 bridgehead atoms. The lowest BCUT2D eigenvalue weighted by Gasteiger charge is -2.16. The van der Waals surface area contributed by atoms with Crippen LogP contribution in [-0.4, -0.2) is 37.7 Å². The molecule has 1 aromatic carbocycles. The lowest BCUT2D eigenvalue weighted by atomic mass is 10.2. The van der Waals surface area contributed by atoms with Crippen LogP contribution in [0.3, 0.4) is 0 Å².